The summed E-state index contributed by atoms with van der Waals surface area (Å²) in [5, 5.41) is 14.7. The fraction of sp³-hybridized carbons (Fsp3) is 0.182. The highest BCUT2D eigenvalue weighted by Crippen LogP contribution is 2.41. The van der Waals surface area contributed by atoms with Gasteiger partial charge in [-0.2, -0.15) is 0 Å². The number of carbonyl (C=O) groups is 1. The van der Waals surface area contributed by atoms with Crippen molar-refractivity contribution in [3.63, 3.8) is 0 Å². The van der Waals surface area contributed by atoms with Crippen molar-refractivity contribution in [2.24, 2.45) is 10.9 Å². The molecule has 0 unspecified atom stereocenters. The molecular formula is C22H20FN5O3. The summed E-state index contributed by atoms with van der Waals surface area (Å²) in [6.45, 7) is 1.98. The van der Waals surface area contributed by atoms with Crippen LogP contribution in [0.25, 0.3) is 0 Å². The van der Waals surface area contributed by atoms with E-state index >= 15 is 0 Å². The van der Waals surface area contributed by atoms with Gasteiger partial charge in [-0.1, -0.05) is 17.3 Å². The van der Waals surface area contributed by atoms with Gasteiger partial charge in [-0.15, -0.1) is 0 Å². The highest BCUT2D eigenvalue weighted by molar-refractivity contribution is 5.98. The molecule has 0 bridgehead atoms. The highest BCUT2D eigenvalue weighted by Gasteiger charge is 2.43. The van der Waals surface area contributed by atoms with Crippen molar-refractivity contribution in [2.45, 2.75) is 18.9 Å². The molecule has 0 saturated heterocycles. The second kappa shape index (κ2) is 8.02. The number of amides is 1. The Labute approximate surface area is 177 Å². The number of rotatable bonds is 4. The number of benzene rings is 1. The maximum absolute atomic E-state index is 14.5. The van der Waals surface area contributed by atoms with E-state index in [4.69, 9.17) is 15.7 Å². The van der Waals surface area contributed by atoms with Crippen molar-refractivity contribution in [1.82, 2.24) is 15.3 Å². The van der Waals surface area contributed by atoms with E-state index in [0.29, 0.717) is 41.2 Å². The molecule has 1 aliphatic rings. The topological polar surface area (TPSA) is 123 Å². The number of oxime groups is 1. The Morgan fingerprint density at radius 1 is 1.29 bits per heavy atom. The summed E-state index contributed by atoms with van der Waals surface area (Å²) in [5.41, 5.74) is 6.47. The first-order valence-corrected chi connectivity index (χ1v) is 9.56. The number of hydrogen-bond donors (Lipinski definition) is 3. The lowest BCUT2D eigenvalue weighted by atomic mass is 9.81. The van der Waals surface area contributed by atoms with Crippen molar-refractivity contribution >= 4 is 11.7 Å². The third kappa shape index (κ3) is 3.65. The molecule has 1 amide bonds. The Bertz CT molecular complexity index is 1170. The molecule has 3 aromatic rings. The molecule has 0 aliphatic carbocycles. The van der Waals surface area contributed by atoms with Crippen LogP contribution in [0.15, 0.2) is 60.0 Å². The normalized spacial score (nSPS) is 18.1. The van der Waals surface area contributed by atoms with Gasteiger partial charge in [0.25, 0.3) is 5.91 Å². The van der Waals surface area contributed by atoms with Gasteiger partial charge in [-0.05, 0) is 48.4 Å². The lowest BCUT2D eigenvalue weighted by Gasteiger charge is -2.39. The zero-order valence-corrected chi connectivity index (χ0v) is 16.7. The van der Waals surface area contributed by atoms with Gasteiger partial charge in [0.2, 0.25) is 0 Å². The predicted molar refractivity (Wildman–Crippen MR) is 110 cm³/mol. The molecule has 1 aromatic carbocycles. The number of aryl methyl sites for hydroxylation is 1. The van der Waals surface area contributed by atoms with Crippen LogP contribution in [0.1, 0.15) is 39.3 Å². The molecule has 31 heavy (non-hydrogen) atoms. The van der Waals surface area contributed by atoms with Gasteiger partial charge in [0.1, 0.15) is 28.5 Å². The molecule has 4 N–H and O–H groups in total. The number of amidine groups is 1. The molecule has 0 radical (unpaired) electrons. The van der Waals surface area contributed by atoms with Crippen molar-refractivity contribution < 1.29 is 19.1 Å². The second-order valence-electron chi connectivity index (χ2n) is 7.19. The smallest absolute Gasteiger partial charge is 0.270 e. The minimum absolute atomic E-state index is 0.116. The van der Waals surface area contributed by atoms with Gasteiger partial charge in [0.05, 0.1) is 6.61 Å². The predicted octanol–water partition coefficient (Wildman–Crippen LogP) is 2.47. The zero-order chi connectivity index (χ0) is 22.0. The molecule has 2 aromatic heterocycles. The summed E-state index contributed by atoms with van der Waals surface area (Å²) < 4.78 is 20.2. The van der Waals surface area contributed by atoms with Gasteiger partial charge in [-0.3, -0.25) is 14.8 Å². The van der Waals surface area contributed by atoms with E-state index in [0.717, 1.165) is 0 Å². The van der Waals surface area contributed by atoms with Gasteiger partial charge in [0, 0.05) is 24.4 Å². The van der Waals surface area contributed by atoms with Crippen molar-refractivity contribution in [1.29, 1.82) is 0 Å². The highest BCUT2D eigenvalue weighted by atomic mass is 19.1. The third-order valence-corrected chi connectivity index (χ3v) is 5.30. The maximum atomic E-state index is 14.5. The minimum atomic E-state index is -1.10. The van der Waals surface area contributed by atoms with E-state index < -0.39 is 11.4 Å². The van der Waals surface area contributed by atoms with E-state index in [1.807, 2.05) is 0 Å². The SMILES string of the molecule is Cc1ccc([C@@]2(NC(=O)c3ccc(C(N)=NO)cn3)CCOc3cccnc32)cc1F. The average Bonchev–Trinajstić information content (AvgIpc) is 2.80. The van der Waals surface area contributed by atoms with Crippen LogP contribution >= 0.6 is 0 Å². The molecule has 1 atom stereocenters. The number of aromatic nitrogens is 2. The van der Waals surface area contributed by atoms with E-state index in [2.05, 4.69) is 20.4 Å². The van der Waals surface area contributed by atoms with Gasteiger partial charge in [-0.25, -0.2) is 4.39 Å². The van der Waals surface area contributed by atoms with E-state index in [1.54, 1.807) is 37.4 Å². The molecule has 9 heteroatoms. The lowest BCUT2D eigenvalue weighted by molar-refractivity contribution is 0.0878. The minimum Gasteiger partial charge on any atom is -0.491 e. The average molecular weight is 421 g/mol. The van der Waals surface area contributed by atoms with Crippen LogP contribution < -0.4 is 15.8 Å². The first kappa shape index (κ1) is 20.3. The van der Waals surface area contributed by atoms with Crippen LogP contribution in [0, 0.1) is 12.7 Å². The van der Waals surface area contributed by atoms with Crippen molar-refractivity contribution in [3.8, 4) is 5.75 Å². The molecule has 4 rings (SSSR count). The van der Waals surface area contributed by atoms with Crippen LogP contribution in [-0.2, 0) is 5.54 Å². The number of fused-ring (bicyclic) bond motifs is 1. The summed E-state index contributed by atoms with van der Waals surface area (Å²) in [5.74, 6) is -0.458. The number of hydrogen-bond acceptors (Lipinski definition) is 6. The number of pyridine rings is 2. The molecule has 0 fully saturated rings. The van der Waals surface area contributed by atoms with Crippen LogP contribution in [0.4, 0.5) is 4.39 Å². The Morgan fingerprint density at radius 2 is 2.13 bits per heavy atom. The first-order valence-electron chi connectivity index (χ1n) is 9.56. The third-order valence-electron chi connectivity index (χ3n) is 5.30. The van der Waals surface area contributed by atoms with Crippen LogP contribution in [0.5, 0.6) is 5.75 Å². The Hall–Kier alpha value is -4.01. The van der Waals surface area contributed by atoms with Crippen molar-refractivity contribution in [2.75, 3.05) is 6.61 Å². The van der Waals surface area contributed by atoms with Crippen LogP contribution in [0.2, 0.25) is 0 Å². The summed E-state index contributed by atoms with van der Waals surface area (Å²) in [7, 11) is 0. The molecule has 8 nitrogen and oxygen atoms in total. The maximum Gasteiger partial charge on any atom is 0.270 e. The summed E-state index contributed by atoms with van der Waals surface area (Å²) in [6, 6.07) is 11.3. The van der Waals surface area contributed by atoms with Gasteiger partial charge < -0.3 is 21.0 Å². The Morgan fingerprint density at radius 3 is 2.84 bits per heavy atom. The molecule has 158 valence electrons. The lowest BCUT2D eigenvalue weighted by Crippen LogP contribution is -2.50. The molecule has 0 spiro atoms. The van der Waals surface area contributed by atoms with Crippen LogP contribution in [0.3, 0.4) is 0 Å². The molecule has 3 heterocycles. The zero-order valence-electron chi connectivity index (χ0n) is 16.7. The number of nitrogens with zero attached hydrogens (tertiary/aromatic N) is 3. The number of nitrogens with two attached hydrogens (primary N) is 1. The Balaban J connectivity index is 1.78. The number of ether oxygens (including phenoxy) is 1. The van der Waals surface area contributed by atoms with Gasteiger partial charge in [0.15, 0.2) is 5.84 Å². The number of halogens is 1. The Kier molecular flexibility index (Phi) is 5.24. The van der Waals surface area contributed by atoms with E-state index in [9.17, 15) is 9.18 Å². The molecular weight excluding hydrogens is 401 g/mol. The van der Waals surface area contributed by atoms with E-state index in [1.165, 1.54) is 24.4 Å². The fourth-order valence-electron chi connectivity index (χ4n) is 3.59. The fourth-order valence-corrected chi connectivity index (χ4v) is 3.59. The van der Waals surface area contributed by atoms with Gasteiger partial charge >= 0.3 is 0 Å². The summed E-state index contributed by atoms with van der Waals surface area (Å²) >= 11 is 0. The van der Waals surface area contributed by atoms with Crippen LogP contribution in [-0.4, -0.2) is 33.5 Å². The van der Waals surface area contributed by atoms with Crippen molar-refractivity contribution in [3.05, 3.63) is 88.8 Å². The number of nitrogens with one attached hydrogen (secondary N) is 1. The summed E-state index contributed by atoms with van der Waals surface area (Å²) in [4.78, 5) is 21.7. The number of carbonyl (C=O) groups excluding carboxylic acids is 1. The molecule has 0 saturated carbocycles. The molecule has 1 aliphatic heterocycles. The monoisotopic (exact) mass is 421 g/mol. The first-order chi connectivity index (χ1) is 14.9. The van der Waals surface area contributed by atoms with E-state index in [-0.39, 0.29) is 17.3 Å². The standard InChI is InChI=1S/C22H20FN5O3/c1-13-4-6-15(11-16(13)23)22(8-10-31-18-3-2-9-25-19(18)22)27-21(29)17-7-5-14(12-26-17)20(24)28-30/h2-7,9,11-12,30H,8,10H2,1H3,(H2,24,28)(H,27,29)/t22-/m0/s1. The largest absolute Gasteiger partial charge is 0.491 e. The quantitative estimate of drug-likeness (QED) is 0.257. The second-order valence-corrected chi connectivity index (χ2v) is 7.19. The summed E-state index contributed by atoms with van der Waals surface area (Å²) in [6.07, 6.45) is 3.29.